The number of rotatable bonds is 3. The summed E-state index contributed by atoms with van der Waals surface area (Å²) < 4.78 is 38.4. The number of anilines is 2. The Kier molecular flexibility index (Phi) is 3.88. The van der Waals surface area contributed by atoms with Crippen molar-refractivity contribution < 1.29 is 23.1 Å². The average Bonchev–Trinajstić information content (AvgIpc) is 2.45. The Balaban J connectivity index is 2.48. The van der Waals surface area contributed by atoms with E-state index in [0.29, 0.717) is 5.69 Å². The van der Waals surface area contributed by atoms with Crippen LogP contribution in [0, 0.1) is 0 Å². The standard InChI is InChI=1S/C15H12F3NO2/c1-19(10-5-3-2-4-6-10)11-7-8-13(15(16,17)18)12(9-11)14(20)21/h2-9H,1H3,(H,20,21). The number of hydrogen-bond donors (Lipinski definition) is 1. The molecule has 6 heteroatoms. The van der Waals surface area contributed by atoms with Gasteiger partial charge in [0, 0.05) is 18.4 Å². The molecule has 1 N–H and O–H groups in total. The summed E-state index contributed by atoms with van der Waals surface area (Å²) in [5, 5.41) is 8.99. The van der Waals surface area contributed by atoms with Crippen molar-refractivity contribution in [2.24, 2.45) is 0 Å². The molecule has 0 aliphatic carbocycles. The summed E-state index contributed by atoms with van der Waals surface area (Å²) in [6, 6.07) is 12.0. The van der Waals surface area contributed by atoms with E-state index < -0.39 is 23.3 Å². The van der Waals surface area contributed by atoms with Crippen molar-refractivity contribution in [3.8, 4) is 0 Å². The fourth-order valence-electron chi connectivity index (χ4n) is 1.97. The Hall–Kier alpha value is -2.50. The van der Waals surface area contributed by atoms with Gasteiger partial charge >= 0.3 is 12.1 Å². The Morgan fingerprint density at radius 1 is 1.05 bits per heavy atom. The molecule has 2 rings (SSSR count). The van der Waals surface area contributed by atoms with Crippen molar-refractivity contribution in [2.45, 2.75) is 6.18 Å². The van der Waals surface area contributed by atoms with Crippen molar-refractivity contribution >= 4 is 17.3 Å². The maximum Gasteiger partial charge on any atom is 0.417 e. The van der Waals surface area contributed by atoms with E-state index in [1.807, 2.05) is 6.07 Å². The van der Waals surface area contributed by atoms with Crippen LogP contribution in [-0.4, -0.2) is 18.1 Å². The average molecular weight is 295 g/mol. The largest absolute Gasteiger partial charge is 0.478 e. The lowest BCUT2D eigenvalue weighted by Gasteiger charge is -2.21. The van der Waals surface area contributed by atoms with E-state index >= 15 is 0 Å². The molecule has 0 aromatic heterocycles. The Morgan fingerprint density at radius 2 is 1.67 bits per heavy atom. The van der Waals surface area contributed by atoms with Crippen molar-refractivity contribution in [3.05, 3.63) is 59.7 Å². The summed E-state index contributed by atoms with van der Waals surface area (Å²) >= 11 is 0. The lowest BCUT2D eigenvalue weighted by atomic mass is 10.1. The summed E-state index contributed by atoms with van der Waals surface area (Å²) in [6.07, 6.45) is -4.70. The minimum atomic E-state index is -4.70. The zero-order valence-corrected chi connectivity index (χ0v) is 11.1. The quantitative estimate of drug-likeness (QED) is 0.923. The molecule has 0 bridgehead atoms. The fourth-order valence-corrected chi connectivity index (χ4v) is 1.97. The van der Waals surface area contributed by atoms with Gasteiger partial charge in [0.05, 0.1) is 11.1 Å². The zero-order chi connectivity index (χ0) is 15.6. The Bertz CT molecular complexity index is 654. The van der Waals surface area contributed by atoms with E-state index in [9.17, 15) is 18.0 Å². The van der Waals surface area contributed by atoms with Gasteiger partial charge in [-0.25, -0.2) is 4.79 Å². The third-order valence-corrected chi connectivity index (χ3v) is 3.07. The lowest BCUT2D eigenvalue weighted by Crippen LogP contribution is -2.15. The van der Waals surface area contributed by atoms with Gasteiger partial charge in [0.1, 0.15) is 0 Å². The molecule has 0 spiro atoms. The number of aromatic carboxylic acids is 1. The van der Waals surface area contributed by atoms with Crippen molar-refractivity contribution in [1.29, 1.82) is 0 Å². The number of hydrogen-bond acceptors (Lipinski definition) is 2. The van der Waals surface area contributed by atoms with Crippen LogP contribution in [0.25, 0.3) is 0 Å². The molecular weight excluding hydrogens is 283 g/mol. The number of carbonyl (C=O) groups is 1. The molecule has 0 aliphatic rings. The summed E-state index contributed by atoms with van der Waals surface area (Å²) in [6.45, 7) is 0. The van der Waals surface area contributed by atoms with Crippen LogP contribution in [0.15, 0.2) is 48.5 Å². The van der Waals surface area contributed by atoms with Gasteiger partial charge in [-0.3, -0.25) is 0 Å². The van der Waals surface area contributed by atoms with E-state index in [-0.39, 0.29) is 0 Å². The van der Waals surface area contributed by atoms with Gasteiger partial charge in [0.2, 0.25) is 0 Å². The molecule has 110 valence electrons. The molecule has 0 aliphatic heterocycles. The van der Waals surface area contributed by atoms with Crippen molar-refractivity contribution in [1.82, 2.24) is 0 Å². The number of benzene rings is 2. The first kappa shape index (κ1) is 14.9. The van der Waals surface area contributed by atoms with Crippen LogP contribution in [0.3, 0.4) is 0 Å². The molecule has 0 unspecified atom stereocenters. The van der Waals surface area contributed by atoms with Crippen LogP contribution in [-0.2, 0) is 6.18 Å². The summed E-state index contributed by atoms with van der Waals surface area (Å²) in [5.41, 5.74) is -0.803. The van der Waals surface area contributed by atoms with Gasteiger partial charge in [0.25, 0.3) is 0 Å². The molecule has 21 heavy (non-hydrogen) atoms. The second kappa shape index (κ2) is 5.47. The Labute approximate surface area is 119 Å². The maximum absolute atomic E-state index is 12.8. The topological polar surface area (TPSA) is 40.5 Å². The molecular formula is C15H12F3NO2. The molecule has 0 atom stereocenters. The van der Waals surface area contributed by atoms with Gasteiger partial charge in [-0.2, -0.15) is 13.2 Å². The normalized spacial score (nSPS) is 11.2. The minimum absolute atomic E-state index is 0.367. The second-order valence-corrected chi connectivity index (χ2v) is 4.43. The van der Waals surface area contributed by atoms with Crippen LogP contribution in [0.5, 0.6) is 0 Å². The highest BCUT2D eigenvalue weighted by Gasteiger charge is 2.35. The smallest absolute Gasteiger partial charge is 0.417 e. The lowest BCUT2D eigenvalue weighted by molar-refractivity contribution is -0.138. The molecule has 2 aromatic rings. The van der Waals surface area contributed by atoms with E-state index in [2.05, 4.69) is 0 Å². The van der Waals surface area contributed by atoms with Crippen LogP contribution >= 0.6 is 0 Å². The first-order valence-corrected chi connectivity index (χ1v) is 6.04. The van der Waals surface area contributed by atoms with Gasteiger partial charge in [0.15, 0.2) is 0 Å². The van der Waals surface area contributed by atoms with Gasteiger partial charge in [-0.1, -0.05) is 18.2 Å². The van der Waals surface area contributed by atoms with Crippen LogP contribution in [0.2, 0.25) is 0 Å². The second-order valence-electron chi connectivity index (χ2n) is 4.43. The number of para-hydroxylation sites is 1. The minimum Gasteiger partial charge on any atom is -0.478 e. The number of carboxylic acids is 1. The van der Waals surface area contributed by atoms with Crippen LogP contribution in [0.4, 0.5) is 24.5 Å². The summed E-state index contributed by atoms with van der Waals surface area (Å²) in [5.74, 6) is -1.61. The number of halogens is 3. The van der Waals surface area contributed by atoms with Crippen molar-refractivity contribution in [3.63, 3.8) is 0 Å². The zero-order valence-electron chi connectivity index (χ0n) is 11.1. The Morgan fingerprint density at radius 3 is 2.19 bits per heavy atom. The summed E-state index contributed by atoms with van der Waals surface area (Å²) in [4.78, 5) is 12.7. The molecule has 0 saturated carbocycles. The van der Waals surface area contributed by atoms with Crippen molar-refractivity contribution in [2.75, 3.05) is 11.9 Å². The van der Waals surface area contributed by atoms with Gasteiger partial charge in [-0.15, -0.1) is 0 Å². The first-order valence-electron chi connectivity index (χ1n) is 6.04. The third-order valence-electron chi connectivity index (χ3n) is 3.07. The molecule has 0 heterocycles. The molecule has 0 amide bonds. The van der Waals surface area contributed by atoms with E-state index in [0.717, 1.165) is 17.8 Å². The fraction of sp³-hybridized carbons (Fsp3) is 0.133. The van der Waals surface area contributed by atoms with E-state index in [4.69, 9.17) is 5.11 Å². The molecule has 0 fully saturated rings. The van der Waals surface area contributed by atoms with Crippen LogP contribution in [0.1, 0.15) is 15.9 Å². The van der Waals surface area contributed by atoms with Gasteiger partial charge < -0.3 is 10.0 Å². The van der Waals surface area contributed by atoms with Gasteiger partial charge in [-0.05, 0) is 30.3 Å². The predicted octanol–water partition coefficient (Wildman–Crippen LogP) is 4.17. The van der Waals surface area contributed by atoms with Crippen LogP contribution < -0.4 is 4.90 Å². The van der Waals surface area contributed by atoms with E-state index in [1.54, 1.807) is 36.2 Å². The molecule has 0 saturated heterocycles. The highest BCUT2D eigenvalue weighted by molar-refractivity contribution is 5.91. The SMILES string of the molecule is CN(c1ccccc1)c1ccc(C(F)(F)F)c(C(=O)O)c1. The molecule has 2 aromatic carbocycles. The first-order chi connectivity index (χ1) is 9.80. The number of carboxylic acid groups (broad SMARTS) is 1. The highest BCUT2D eigenvalue weighted by atomic mass is 19.4. The number of alkyl halides is 3. The third kappa shape index (κ3) is 3.16. The number of nitrogens with zero attached hydrogens (tertiary/aromatic N) is 1. The molecule has 3 nitrogen and oxygen atoms in total. The monoisotopic (exact) mass is 295 g/mol. The highest BCUT2D eigenvalue weighted by Crippen LogP contribution is 2.35. The molecule has 0 radical (unpaired) electrons. The maximum atomic E-state index is 12.8. The van der Waals surface area contributed by atoms with E-state index in [1.165, 1.54) is 6.07 Å². The summed E-state index contributed by atoms with van der Waals surface area (Å²) in [7, 11) is 1.66. The predicted molar refractivity (Wildman–Crippen MR) is 72.9 cm³/mol.